The van der Waals surface area contributed by atoms with Crippen LogP contribution in [-0.4, -0.2) is 16.9 Å². The summed E-state index contributed by atoms with van der Waals surface area (Å²) in [5.41, 5.74) is 0.344. The second-order valence-electron chi connectivity index (χ2n) is 3.98. The summed E-state index contributed by atoms with van der Waals surface area (Å²) in [7, 11) is 0. The van der Waals surface area contributed by atoms with E-state index < -0.39 is 5.97 Å². The van der Waals surface area contributed by atoms with Gasteiger partial charge in [-0.25, -0.2) is 4.79 Å². The largest absolute Gasteiger partial charge is 0.478 e. The van der Waals surface area contributed by atoms with Gasteiger partial charge in [-0.15, -0.1) is 11.3 Å². The van der Waals surface area contributed by atoms with Crippen molar-refractivity contribution in [3.63, 3.8) is 0 Å². The van der Waals surface area contributed by atoms with Crippen molar-refractivity contribution >= 4 is 44.5 Å². The van der Waals surface area contributed by atoms with Crippen LogP contribution < -0.4 is 0 Å². The highest BCUT2D eigenvalue weighted by atomic mass is 32.1. The van der Waals surface area contributed by atoms with Crippen LogP contribution in [-0.2, 0) is 0 Å². The van der Waals surface area contributed by atoms with Crippen molar-refractivity contribution in [2.45, 2.75) is 0 Å². The maximum atomic E-state index is 12.4. The number of carbonyl (C=O) groups excluding carboxylic acids is 1. The first-order valence-corrected chi connectivity index (χ1v) is 7.25. The predicted octanol–water partition coefficient (Wildman–Crippen LogP) is 3.89. The first-order valence-electron chi connectivity index (χ1n) is 5.49. The number of carbonyl (C=O) groups is 2. The number of hydrogen-bond donors (Lipinski definition) is 1. The highest BCUT2D eigenvalue weighted by Crippen LogP contribution is 2.28. The molecule has 19 heavy (non-hydrogen) atoms. The highest BCUT2D eigenvalue weighted by molar-refractivity contribution is 7.21. The van der Waals surface area contributed by atoms with E-state index in [0.717, 1.165) is 10.1 Å². The molecule has 0 saturated carbocycles. The molecular formula is C14H8O3S2. The van der Waals surface area contributed by atoms with E-state index in [2.05, 4.69) is 0 Å². The minimum atomic E-state index is -1.06. The maximum absolute atomic E-state index is 12.4. The average molecular weight is 288 g/mol. The van der Waals surface area contributed by atoms with Crippen LogP contribution in [0.4, 0.5) is 0 Å². The fourth-order valence-electron chi connectivity index (χ4n) is 1.87. The molecule has 0 atom stereocenters. The number of rotatable bonds is 3. The molecule has 3 rings (SSSR count). The van der Waals surface area contributed by atoms with E-state index in [1.165, 1.54) is 28.1 Å². The summed E-state index contributed by atoms with van der Waals surface area (Å²) in [6.07, 6.45) is 0. The third-order valence-electron chi connectivity index (χ3n) is 2.79. The normalized spacial score (nSPS) is 10.7. The predicted molar refractivity (Wildman–Crippen MR) is 76.5 cm³/mol. The Hall–Kier alpha value is -1.98. The van der Waals surface area contributed by atoms with E-state index in [1.807, 2.05) is 30.3 Å². The molecule has 0 unspecified atom stereocenters. The van der Waals surface area contributed by atoms with Gasteiger partial charge in [-0.3, -0.25) is 4.79 Å². The van der Waals surface area contributed by atoms with E-state index in [4.69, 9.17) is 5.11 Å². The van der Waals surface area contributed by atoms with Gasteiger partial charge in [-0.05, 0) is 17.5 Å². The van der Waals surface area contributed by atoms with Crippen molar-refractivity contribution in [2.75, 3.05) is 0 Å². The van der Waals surface area contributed by atoms with E-state index in [9.17, 15) is 9.59 Å². The first-order chi connectivity index (χ1) is 9.16. The van der Waals surface area contributed by atoms with E-state index in [1.54, 1.807) is 5.38 Å². The Bertz CT molecular complexity index is 750. The van der Waals surface area contributed by atoms with Crippen molar-refractivity contribution in [3.05, 3.63) is 57.1 Å². The summed E-state index contributed by atoms with van der Waals surface area (Å²) in [6.45, 7) is 0. The molecule has 3 nitrogen and oxygen atoms in total. The molecule has 1 aromatic carbocycles. The zero-order valence-corrected chi connectivity index (χ0v) is 11.3. The SMILES string of the molecule is O=C(O)c1cscc1C(=O)c1cc2ccccc2s1. The van der Waals surface area contributed by atoms with Gasteiger partial charge in [0, 0.05) is 21.0 Å². The lowest BCUT2D eigenvalue weighted by Crippen LogP contribution is -2.05. The molecule has 0 fully saturated rings. The molecule has 0 aliphatic rings. The minimum absolute atomic E-state index is 0.0763. The Morgan fingerprint density at radius 2 is 1.79 bits per heavy atom. The van der Waals surface area contributed by atoms with Crippen LogP contribution in [0.3, 0.4) is 0 Å². The van der Waals surface area contributed by atoms with Gasteiger partial charge in [0.05, 0.1) is 10.4 Å². The molecule has 0 spiro atoms. The quantitative estimate of drug-likeness (QED) is 0.744. The van der Waals surface area contributed by atoms with Gasteiger partial charge >= 0.3 is 5.97 Å². The Labute approximate surface area is 116 Å². The van der Waals surface area contributed by atoms with Gasteiger partial charge in [0.25, 0.3) is 0 Å². The number of ketones is 1. The van der Waals surface area contributed by atoms with Crippen LogP contribution in [0.15, 0.2) is 41.1 Å². The van der Waals surface area contributed by atoms with Gasteiger partial charge in [-0.1, -0.05) is 18.2 Å². The van der Waals surface area contributed by atoms with Gasteiger partial charge in [0.15, 0.2) is 0 Å². The fraction of sp³-hybridized carbons (Fsp3) is 0. The number of aromatic carboxylic acids is 1. The van der Waals surface area contributed by atoms with Gasteiger partial charge < -0.3 is 5.11 Å². The molecule has 5 heteroatoms. The van der Waals surface area contributed by atoms with Gasteiger partial charge in [-0.2, -0.15) is 11.3 Å². The summed E-state index contributed by atoms with van der Waals surface area (Å²) in [6, 6.07) is 9.53. The van der Waals surface area contributed by atoms with Crippen molar-refractivity contribution in [2.24, 2.45) is 0 Å². The lowest BCUT2D eigenvalue weighted by atomic mass is 10.1. The number of hydrogen-bond acceptors (Lipinski definition) is 4. The van der Waals surface area contributed by atoms with E-state index >= 15 is 0 Å². The van der Waals surface area contributed by atoms with Crippen LogP contribution in [0.25, 0.3) is 10.1 Å². The Morgan fingerprint density at radius 1 is 1.05 bits per heavy atom. The van der Waals surface area contributed by atoms with Crippen molar-refractivity contribution in [1.29, 1.82) is 0 Å². The Balaban J connectivity index is 2.08. The molecule has 0 aliphatic heterocycles. The zero-order chi connectivity index (χ0) is 13.4. The monoisotopic (exact) mass is 288 g/mol. The summed E-state index contributed by atoms with van der Waals surface area (Å²) in [5, 5.41) is 13.1. The average Bonchev–Trinajstić information content (AvgIpc) is 3.04. The Kier molecular flexibility index (Phi) is 2.93. The van der Waals surface area contributed by atoms with Crippen LogP contribution in [0.1, 0.15) is 25.6 Å². The zero-order valence-electron chi connectivity index (χ0n) is 9.62. The first kappa shape index (κ1) is 12.1. The lowest BCUT2D eigenvalue weighted by molar-refractivity contribution is 0.0693. The highest BCUT2D eigenvalue weighted by Gasteiger charge is 2.20. The van der Waals surface area contributed by atoms with Crippen molar-refractivity contribution in [3.8, 4) is 0 Å². The number of fused-ring (bicyclic) bond motifs is 1. The van der Waals surface area contributed by atoms with Gasteiger partial charge in [0.1, 0.15) is 0 Å². The van der Waals surface area contributed by atoms with Crippen LogP contribution >= 0.6 is 22.7 Å². The second-order valence-corrected chi connectivity index (χ2v) is 5.81. The molecule has 0 radical (unpaired) electrons. The standard InChI is InChI=1S/C14H8O3S2/c15-13(9-6-18-7-10(9)14(16)17)12-5-8-3-1-2-4-11(8)19-12/h1-7H,(H,16,17). The second kappa shape index (κ2) is 4.60. The lowest BCUT2D eigenvalue weighted by Gasteiger charge is -1.96. The number of carboxylic acids is 1. The molecule has 0 saturated heterocycles. The van der Waals surface area contributed by atoms with Crippen LogP contribution in [0.2, 0.25) is 0 Å². The number of thiophene rings is 2. The third kappa shape index (κ3) is 2.07. The smallest absolute Gasteiger partial charge is 0.337 e. The van der Waals surface area contributed by atoms with E-state index in [0.29, 0.717) is 4.88 Å². The molecule has 0 bridgehead atoms. The fourth-order valence-corrected chi connectivity index (χ4v) is 3.68. The van der Waals surface area contributed by atoms with Crippen molar-refractivity contribution < 1.29 is 14.7 Å². The summed E-state index contributed by atoms with van der Waals surface area (Å²) in [4.78, 5) is 24.0. The molecule has 0 aliphatic carbocycles. The van der Waals surface area contributed by atoms with Crippen LogP contribution in [0.5, 0.6) is 0 Å². The minimum Gasteiger partial charge on any atom is -0.478 e. The Morgan fingerprint density at radius 3 is 2.53 bits per heavy atom. The molecule has 0 amide bonds. The van der Waals surface area contributed by atoms with Crippen LogP contribution in [0, 0.1) is 0 Å². The van der Waals surface area contributed by atoms with Crippen molar-refractivity contribution in [1.82, 2.24) is 0 Å². The summed E-state index contributed by atoms with van der Waals surface area (Å²) in [5.74, 6) is -1.29. The molecular weight excluding hydrogens is 280 g/mol. The van der Waals surface area contributed by atoms with Gasteiger partial charge in [0.2, 0.25) is 5.78 Å². The topological polar surface area (TPSA) is 54.4 Å². The summed E-state index contributed by atoms with van der Waals surface area (Å²) < 4.78 is 1.03. The van der Waals surface area contributed by atoms with E-state index in [-0.39, 0.29) is 16.9 Å². The number of carboxylic acid groups (broad SMARTS) is 1. The molecule has 2 heterocycles. The molecule has 94 valence electrons. The maximum Gasteiger partial charge on any atom is 0.337 e. The number of benzene rings is 1. The molecule has 2 aromatic heterocycles. The summed E-state index contributed by atoms with van der Waals surface area (Å²) >= 11 is 2.61. The third-order valence-corrected chi connectivity index (χ3v) is 4.64. The molecule has 1 N–H and O–H groups in total. The molecule has 3 aromatic rings.